The number of benzene rings is 2. The molecular weight excluding hydrogens is 579 g/mol. The average Bonchev–Trinajstić information content (AvgIpc) is 2.64. The lowest BCUT2D eigenvalue weighted by Crippen LogP contribution is -2.33. The van der Waals surface area contributed by atoms with E-state index in [1.54, 1.807) is 0 Å². The molecule has 2 aromatic carbocycles. The van der Waals surface area contributed by atoms with Gasteiger partial charge in [0.05, 0.1) is 8.95 Å². The van der Waals surface area contributed by atoms with Gasteiger partial charge in [0.15, 0.2) is 5.75 Å². The third-order valence-electron chi connectivity index (χ3n) is 3.34. The van der Waals surface area contributed by atoms with Crippen LogP contribution in [0.2, 0.25) is 0 Å². The molecule has 2 rings (SSSR count). The summed E-state index contributed by atoms with van der Waals surface area (Å²) in [5.74, 6) is -1.47. The molecule has 168 valence electrons. The van der Waals surface area contributed by atoms with Crippen molar-refractivity contribution in [2.24, 2.45) is 5.16 Å². The first-order valence-electron chi connectivity index (χ1n) is 7.87. The van der Waals surface area contributed by atoms with Crippen molar-refractivity contribution in [1.82, 2.24) is 4.72 Å². The van der Waals surface area contributed by atoms with Crippen LogP contribution in [0.15, 0.2) is 49.3 Å². The number of anilines is 1. The Morgan fingerprint density at radius 1 is 1.19 bits per heavy atom. The van der Waals surface area contributed by atoms with E-state index < -0.39 is 39.3 Å². The molecule has 31 heavy (non-hydrogen) atoms. The summed E-state index contributed by atoms with van der Waals surface area (Å²) in [7, 11) is -4.69. The van der Waals surface area contributed by atoms with Gasteiger partial charge >= 0.3 is 6.18 Å². The molecule has 4 N–H and O–H groups in total. The summed E-state index contributed by atoms with van der Waals surface area (Å²) in [6.07, 6.45) is -4.15. The number of hydrogen-bond donors (Lipinski definition) is 4. The van der Waals surface area contributed by atoms with Gasteiger partial charge in [0, 0.05) is 11.8 Å². The van der Waals surface area contributed by atoms with Crippen molar-refractivity contribution in [1.29, 1.82) is 0 Å². The number of carbonyl (C=O) groups is 1. The van der Waals surface area contributed by atoms with E-state index in [2.05, 4.69) is 42.3 Å². The largest absolute Gasteiger partial charge is 0.507 e. The van der Waals surface area contributed by atoms with E-state index in [4.69, 9.17) is 9.94 Å². The summed E-state index contributed by atoms with van der Waals surface area (Å²) in [6, 6.07) is 5.84. The molecule has 0 radical (unpaired) electrons. The maximum Gasteiger partial charge on any atom is 0.402 e. The van der Waals surface area contributed by atoms with E-state index in [0.717, 1.165) is 12.1 Å². The van der Waals surface area contributed by atoms with Crippen molar-refractivity contribution in [3.8, 4) is 17.2 Å². The number of phenolic OH excluding ortho intramolecular Hbond substituents is 1. The van der Waals surface area contributed by atoms with Crippen LogP contribution in [0.1, 0.15) is 0 Å². The third kappa shape index (κ3) is 7.09. The Morgan fingerprint density at radius 2 is 1.81 bits per heavy atom. The first kappa shape index (κ1) is 24.9. The average molecular weight is 591 g/mol. The van der Waals surface area contributed by atoms with Crippen LogP contribution in [0, 0.1) is 0 Å². The van der Waals surface area contributed by atoms with Gasteiger partial charge < -0.3 is 20.4 Å². The molecule has 15 heteroatoms. The second-order valence-corrected chi connectivity index (χ2v) is 9.12. The van der Waals surface area contributed by atoms with Crippen molar-refractivity contribution < 1.29 is 41.4 Å². The summed E-state index contributed by atoms with van der Waals surface area (Å²) in [5.41, 5.74) is 0.279. The van der Waals surface area contributed by atoms with Gasteiger partial charge in [-0.2, -0.15) is 13.2 Å². The molecule has 0 aromatic heterocycles. The van der Waals surface area contributed by atoms with E-state index in [9.17, 15) is 31.5 Å². The predicted molar refractivity (Wildman–Crippen MR) is 110 cm³/mol. The summed E-state index contributed by atoms with van der Waals surface area (Å²) in [6.45, 7) is -1.81. The fraction of sp³-hybridized carbons (Fsp3) is 0.125. The Balaban J connectivity index is 2.31. The number of rotatable bonds is 7. The van der Waals surface area contributed by atoms with Crippen molar-refractivity contribution in [3.63, 3.8) is 0 Å². The summed E-state index contributed by atoms with van der Waals surface area (Å²) < 4.78 is 68.8. The number of halogens is 5. The Morgan fingerprint density at radius 3 is 2.35 bits per heavy atom. The fourth-order valence-corrected chi connectivity index (χ4v) is 4.57. The molecule has 0 bridgehead atoms. The number of aromatic hydroxyl groups is 1. The molecular formula is C16H12Br2F3N3O6S. The van der Waals surface area contributed by atoms with Crippen molar-refractivity contribution in [2.45, 2.75) is 11.1 Å². The number of amides is 1. The number of carbonyl (C=O) groups excluding carboxylic acids is 1. The van der Waals surface area contributed by atoms with Crippen LogP contribution >= 0.6 is 31.9 Å². The minimum Gasteiger partial charge on any atom is -0.507 e. The van der Waals surface area contributed by atoms with Crippen molar-refractivity contribution in [2.75, 3.05) is 11.9 Å². The molecule has 0 saturated heterocycles. The molecule has 0 aliphatic carbocycles. The molecule has 0 fully saturated rings. The number of hydrogen-bond acceptors (Lipinski definition) is 7. The van der Waals surface area contributed by atoms with E-state index >= 15 is 0 Å². The Kier molecular flexibility index (Phi) is 7.91. The Labute approximate surface area is 190 Å². The van der Waals surface area contributed by atoms with Crippen LogP contribution in [0.4, 0.5) is 18.9 Å². The number of oxime groups is 1. The van der Waals surface area contributed by atoms with Gasteiger partial charge in [-0.1, -0.05) is 5.16 Å². The summed E-state index contributed by atoms with van der Waals surface area (Å²) >= 11 is 6.42. The number of alkyl halides is 3. The van der Waals surface area contributed by atoms with Gasteiger partial charge in [-0.15, -0.1) is 0 Å². The van der Waals surface area contributed by atoms with Crippen LogP contribution in [-0.2, 0) is 14.8 Å². The zero-order valence-electron chi connectivity index (χ0n) is 14.9. The van der Waals surface area contributed by atoms with Gasteiger partial charge in [0.25, 0.3) is 5.91 Å². The highest BCUT2D eigenvalue weighted by Gasteiger charge is 2.31. The van der Waals surface area contributed by atoms with Gasteiger partial charge in [-0.3, -0.25) is 4.79 Å². The van der Waals surface area contributed by atoms with Crippen LogP contribution in [0.5, 0.6) is 17.2 Å². The lowest BCUT2D eigenvalue weighted by atomic mass is 10.3. The Hall–Kier alpha value is -2.36. The molecule has 2 aromatic rings. The minimum absolute atomic E-state index is 0.115. The first-order valence-corrected chi connectivity index (χ1v) is 10.9. The van der Waals surface area contributed by atoms with Gasteiger partial charge in [-0.05, 0) is 56.1 Å². The third-order valence-corrected chi connectivity index (χ3v) is 5.95. The van der Waals surface area contributed by atoms with Crippen LogP contribution in [-0.4, -0.2) is 43.6 Å². The second kappa shape index (κ2) is 9.84. The van der Waals surface area contributed by atoms with Crippen LogP contribution in [0.3, 0.4) is 0 Å². The highest BCUT2D eigenvalue weighted by molar-refractivity contribution is 9.11. The quantitative estimate of drug-likeness (QED) is 0.219. The normalized spacial score (nSPS) is 12.2. The lowest BCUT2D eigenvalue weighted by Gasteiger charge is -2.14. The van der Waals surface area contributed by atoms with Gasteiger partial charge in [-0.25, -0.2) is 13.1 Å². The zero-order valence-corrected chi connectivity index (χ0v) is 18.9. The summed E-state index contributed by atoms with van der Waals surface area (Å²) in [4.78, 5) is 10.6. The highest BCUT2D eigenvalue weighted by Crippen LogP contribution is 2.40. The fourth-order valence-electron chi connectivity index (χ4n) is 2.10. The topological polar surface area (TPSA) is 137 Å². The van der Waals surface area contributed by atoms with Crippen LogP contribution in [0.25, 0.3) is 0 Å². The van der Waals surface area contributed by atoms with E-state index in [-0.39, 0.29) is 17.2 Å². The molecule has 0 heterocycles. The molecule has 0 spiro atoms. The minimum atomic E-state index is -4.78. The van der Waals surface area contributed by atoms with E-state index in [0.29, 0.717) is 15.2 Å². The first-order chi connectivity index (χ1) is 14.3. The van der Waals surface area contributed by atoms with Gasteiger partial charge in [0.2, 0.25) is 10.0 Å². The number of nitrogens with zero attached hydrogens (tertiary/aromatic N) is 1. The number of ether oxygens (including phenoxy) is 1. The van der Waals surface area contributed by atoms with Crippen molar-refractivity contribution in [3.05, 3.63) is 39.3 Å². The molecule has 0 atom stereocenters. The smallest absolute Gasteiger partial charge is 0.402 e. The monoisotopic (exact) mass is 589 g/mol. The highest BCUT2D eigenvalue weighted by atomic mass is 79.9. The predicted octanol–water partition coefficient (Wildman–Crippen LogP) is 3.95. The maximum atomic E-state index is 12.3. The van der Waals surface area contributed by atoms with Crippen molar-refractivity contribution >= 4 is 59.7 Å². The molecule has 0 aliphatic rings. The number of nitrogens with one attached hydrogen (secondary N) is 2. The molecule has 1 amide bonds. The molecule has 9 nitrogen and oxygen atoms in total. The second-order valence-electron chi connectivity index (χ2n) is 5.67. The molecule has 0 unspecified atom stereocenters. The maximum absolute atomic E-state index is 12.3. The van der Waals surface area contributed by atoms with E-state index in [1.165, 1.54) is 22.9 Å². The van der Waals surface area contributed by atoms with Crippen LogP contribution < -0.4 is 14.8 Å². The number of sulfonamides is 1. The molecule has 0 saturated carbocycles. The Bertz CT molecular complexity index is 1100. The number of phenols is 1. The SMILES string of the molecule is O=C(/C=N/O)Nc1cc(Br)c(Oc2ccc(O)c(S(=O)(=O)NCC(F)(F)F)c2)c(Br)c1. The summed E-state index contributed by atoms with van der Waals surface area (Å²) in [5, 5.41) is 23.1. The van der Waals surface area contributed by atoms with Gasteiger partial charge in [0.1, 0.15) is 29.2 Å². The lowest BCUT2D eigenvalue weighted by molar-refractivity contribution is -0.121. The molecule has 0 aliphatic heterocycles. The standard InChI is InChI=1S/C16H12Br2F3N3O6S/c17-10-3-8(24-14(26)6-22-27)4-11(18)15(10)30-9-1-2-12(25)13(5-9)31(28,29)23-7-16(19,20)21/h1-6,23,25,27H,7H2,(H,24,26)/b22-6+. The van der Waals surface area contributed by atoms with E-state index in [1.807, 2.05) is 0 Å². The zero-order chi connectivity index (χ0) is 23.4.